The summed E-state index contributed by atoms with van der Waals surface area (Å²) in [5.74, 6) is 2.40. The van der Waals surface area contributed by atoms with E-state index < -0.39 is 5.41 Å². The van der Waals surface area contributed by atoms with Crippen molar-refractivity contribution in [1.82, 2.24) is 0 Å². The van der Waals surface area contributed by atoms with Gasteiger partial charge in [-0.05, 0) is 48.0 Å². The van der Waals surface area contributed by atoms with Gasteiger partial charge in [0.2, 0.25) is 5.91 Å². The summed E-state index contributed by atoms with van der Waals surface area (Å²) in [6.45, 7) is 6.44. The molecule has 1 amide bonds. The van der Waals surface area contributed by atoms with Gasteiger partial charge >= 0.3 is 0 Å². The number of benzene rings is 3. The first-order valence-corrected chi connectivity index (χ1v) is 11.9. The third-order valence-electron chi connectivity index (χ3n) is 5.14. The van der Waals surface area contributed by atoms with Crippen molar-refractivity contribution in [1.29, 1.82) is 0 Å². The number of thioether (sulfide) groups is 1. The summed E-state index contributed by atoms with van der Waals surface area (Å²) in [7, 11) is 3.35. The van der Waals surface area contributed by atoms with Gasteiger partial charge in [-0.25, -0.2) is 0 Å². The molecule has 2 N–H and O–H groups in total. The van der Waals surface area contributed by atoms with Gasteiger partial charge in [-0.3, -0.25) is 4.79 Å². The van der Waals surface area contributed by atoms with Crippen molar-refractivity contribution in [2.24, 2.45) is 5.41 Å². The van der Waals surface area contributed by atoms with Crippen molar-refractivity contribution in [2.45, 2.75) is 38.0 Å². The molecule has 3 rings (SSSR count). The molecule has 0 saturated carbocycles. The number of hydrogen-bond donors (Lipinski definition) is 2. The second kappa shape index (κ2) is 11.1. The molecule has 0 aromatic heterocycles. The number of carbonyl (C=O) groups excluding carboxylic acids is 1. The van der Waals surface area contributed by atoms with E-state index in [0.29, 0.717) is 12.3 Å². The number of carbonyl (C=O) groups is 1. The highest BCUT2D eigenvalue weighted by molar-refractivity contribution is 7.98. The van der Waals surface area contributed by atoms with Gasteiger partial charge in [-0.2, -0.15) is 0 Å². The monoisotopic (exact) mass is 464 g/mol. The summed E-state index contributed by atoms with van der Waals surface area (Å²) >= 11 is 1.67. The molecular weight excluding hydrogens is 432 g/mol. The second-order valence-corrected chi connectivity index (χ2v) is 9.73. The van der Waals surface area contributed by atoms with Crippen molar-refractivity contribution < 1.29 is 14.3 Å². The molecular formula is C27H32N2O3S. The van der Waals surface area contributed by atoms with E-state index in [1.54, 1.807) is 26.0 Å². The molecule has 0 radical (unpaired) electrons. The van der Waals surface area contributed by atoms with Gasteiger partial charge in [0.1, 0.15) is 11.5 Å². The maximum absolute atomic E-state index is 12.5. The molecule has 0 saturated heterocycles. The van der Waals surface area contributed by atoms with Crippen LogP contribution in [0.1, 0.15) is 31.9 Å². The first kappa shape index (κ1) is 24.5. The van der Waals surface area contributed by atoms with Crippen molar-refractivity contribution >= 4 is 29.0 Å². The molecule has 3 aromatic rings. The minimum absolute atomic E-state index is 0.00198. The first-order chi connectivity index (χ1) is 15.8. The molecule has 0 atom stereocenters. The number of ether oxygens (including phenoxy) is 2. The van der Waals surface area contributed by atoms with Crippen molar-refractivity contribution in [3.05, 3.63) is 77.9 Å². The smallest absolute Gasteiger partial charge is 0.229 e. The van der Waals surface area contributed by atoms with Gasteiger partial charge in [0.05, 0.1) is 19.9 Å². The van der Waals surface area contributed by atoms with E-state index in [9.17, 15) is 4.79 Å². The van der Waals surface area contributed by atoms with E-state index >= 15 is 0 Å². The first-order valence-electron chi connectivity index (χ1n) is 10.9. The summed E-state index contributed by atoms with van der Waals surface area (Å²) in [5, 5.41) is 6.54. The molecule has 0 heterocycles. The second-order valence-electron chi connectivity index (χ2n) is 8.72. The number of nitrogens with one attached hydrogen (secondary N) is 2. The van der Waals surface area contributed by atoms with E-state index in [2.05, 4.69) is 28.8 Å². The molecule has 5 nitrogen and oxygen atoms in total. The Morgan fingerprint density at radius 3 is 2.33 bits per heavy atom. The lowest BCUT2D eigenvalue weighted by molar-refractivity contribution is -0.123. The van der Waals surface area contributed by atoms with Crippen LogP contribution in [0.2, 0.25) is 0 Å². The van der Waals surface area contributed by atoms with Crippen LogP contribution >= 0.6 is 11.8 Å². The van der Waals surface area contributed by atoms with Gasteiger partial charge in [0.15, 0.2) is 0 Å². The Morgan fingerprint density at radius 1 is 0.939 bits per heavy atom. The van der Waals surface area contributed by atoms with E-state index in [-0.39, 0.29) is 5.91 Å². The quantitative estimate of drug-likeness (QED) is 0.350. The molecule has 3 aromatic carbocycles. The lowest BCUT2D eigenvalue weighted by atomic mass is 9.95. The van der Waals surface area contributed by atoms with E-state index in [1.807, 2.05) is 69.3 Å². The fraction of sp³-hybridized carbons (Fsp3) is 0.296. The Hall–Kier alpha value is -3.12. The summed E-state index contributed by atoms with van der Waals surface area (Å²) in [6, 6.07) is 22.0. The van der Waals surface area contributed by atoms with E-state index in [0.717, 1.165) is 33.3 Å². The van der Waals surface area contributed by atoms with Gasteiger partial charge in [-0.1, -0.05) is 45.0 Å². The van der Waals surface area contributed by atoms with Crippen LogP contribution in [0.4, 0.5) is 11.4 Å². The lowest BCUT2D eigenvalue weighted by Gasteiger charge is -2.19. The number of para-hydroxylation sites is 1. The van der Waals surface area contributed by atoms with Gasteiger partial charge in [0, 0.05) is 33.9 Å². The lowest BCUT2D eigenvalue weighted by Crippen LogP contribution is -2.27. The van der Waals surface area contributed by atoms with Gasteiger partial charge < -0.3 is 20.1 Å². The minimum atomic E-state index is -0.453. The average molecular weight is 465 g/mol. The van der Waals surface area contributed by atoms with Crippen LogP contribution in [0.3, 0.4) is 0 Å². The molecule has 0 aliphatic rings. The number of amides is 1. The standard InChI is InChI=1S/C27H32N2O3S/c1-27(2,3)26(30)29-23-8-6-7-9-25(23)33-18-20-16-21(12-15-24(20)32-5)28-17-19-10-13-22(31-4)14-11-19/h6-16,28H,17-18H2,1-5H3,(H,29,30). The summed E-state index contributed by atoms with van der Waals surface area (Å²) in [6.07, 6.45) is 0. The highest BCUT2D eigenvalue weighted by Crippen LogP contribution is 2.34. The molecule has 0 fully saturated rings. The van der Waals surface area contributed by atoms with E-state index in [4.69, 9.17) is 9.47 Å². The Balaban J connectivity index is 1.70. The molecule has 33 heavy (non-hydrogen) atoms. The van der Waals surface area contributed by atoms with Crippen LogP contribution in [0.25, 0.3) is 0 Å². The highest BCUT2D eigenvalue weighted by atomic mass is 32.2. The number of rotatable bonds is 9. The number of hydrogen-bond acceptors (Lipinski definition) is 5. The zero-order valence-electron chi connectivity index (χ0n) is 19.9. The Morgan fingerprint density at radius 2 is 1.67 bits per heavy atom. The van der Waals surface area contributed by atoms with Crippen LogP contribution in [0.15, 0.2) is 71.6 Å². The third kappa shape index (κ3) is 6.93. The molecule has 0 bridgehead atoms. The van der Waals surface area contributed by atoms with E-state index in [1.165, 1.54) is 5.56 Å². The summed E-state index contributed by atoms with van der Waals surface area (Å²) in [4.78, 5) is 13.5. The van der Waals surface area contributed by atoms with Crippen LogP contribution in [-0.4, -0.2) is 20.1 Å². The van der Waals surface area contributed by atoms with Crippen LogP contribution in [-0.2, 0) is 17.1 Å². The Bertz CT molecular complexity index is 1080. The zero-order valence-corrected chi connectivity index (χ0v) is 20.7. The predicted molar refractivity (Wildman–Crippen MR) is 137 cm³/mol. The fourth-order valence-corrected chi connectivity index (χ4v) is 4.10. The number of methoxy groups -OCH3 is 2. The fourth-order valence-electron chi connectivity index (χ4n) is 3.11. The zero-order chi connectivity index (χ0) is 23.8. The maximum atomic E-state index is 12.5. The molecule has 174 valence electrons. The van der Waals surface area contributed by atoms with Crippen LogP contribution in [0, 0.1) is 5.41 Å². The predicted octanol–water partition coefficient (Wildman–Crippen LogP) is 6.59. The van der Waals surface area contributed by atoms with Gasteiger partial charge in [0.25, 0.3) is 0 Å². The van der Waals surface area contributed by atoms with Crippen molar-refractivity contribution in [3.8, 4) is 11.5 Å². The van der Waals surface area contributed by atoms with Crippen LogP contribution < -0.4 is 20.1 Å². The summed E-state index contributed by atoms with van der Waals surface area (Å²) < 4.78 is 10.8. The molecule has 6 heteroatoms. The minimum Gasteiger partial charge on any atom is -0.497 e. The Kier molecular flexibility index (Phi) is 8.28. The number of anilines is 2. The molecule has 0 unspecified atom stereocenters. The third-order valence-corrected chi connectivity index (χ3v) is 6.26. The van der Waals surface area contributed by atoms with Crippen LogP contribution in [0.5, 0.6) is 11.5 Å². The SMILES string of the molecule is COc1ccc(CNc2ccc(OC)c(CSc3ccccc3NC(=O)C(C)(C)C)c2)cc1. The van der Waals surface area contributed by atoms with Crippen molar-refractivity contribution in [2.75, 3.05) is 24.9 Å². The topological polar surface area (TPSA) is 59.6 Å². The van der Waals surface area contributed by atoms with Crippen molar-refractivity contribution in [3.63, 3.8) is 0 Å². The largest absolute Gasteiger partial charge is 0.497 e. The average Bonchev–Trinajstić information content (AvgIpc) is 2.82. The summed E-state index contributed by atoms with van der Waals surface area (Å²) in [5.41, 5.74) is 3.65. The Labute approximate surface area is 200 Å². The highest BCUT2D eigenvalue weighted by Gasteiger charge is 2.22. The maximum Gasteiger partial charge on any atom is 0.229 e. The molecule has 0 spiro atoms. The molecule has 0 aliphatic carbocycles. The normalized spacial score (nSPS) is 11.1. The molecule has 0 aliphatic heterocycles. The van der Waals surface area contributed by atoms with Gasteiger partial charge in [-0.15, -0.1) is 11.8 Å².